The van der Waals surface area contributed by atoms with Crippen LogP contribution in [0, 0.1) is 0 Å². The van der Waals surface area contributed by atoms with E-state index in [0.29, 0.717) is 11.3 Å². The highest BCUT2D eigenvalue weighted by molar-refractivity contribution is 7.12. The van der Waals surface area contributed by atoms with Crippen LogP contribution in [-0.4, -0.2) is 29.5 Å². The van der Waals surface area contributed by atoms with Crippen LogP contribution in [0.15, 0.2) is 11.4 Å². The van der Waals surface area contributed by atoms with Crippen LogP contribution >= 0.6 is 11.3 Å². The quantitative estimate of drug-likeness (QED) is 0.867. The first-order valence-corrected chi connectivity index (χ1v) is 5.46. The van der Waals surface area contributed by atoms with Gasteiger partial charge in [-0.15, -0.1) is 11.3 Å². The summed E-state index contributed by atoms with van der Waals surface area (Å²) in [5.41, 5.74) is -0.240. The van der Waals surface area contributed by atoms with E-state index in [9.17, 15) is 31.1 Å². The average Bonchev–Trinajstić information content (AvgIpc) is 2.61. The molecule has 1 heterocycles. The fourth-order valence-electron chi connectivity index (χ4n) is 1.18. The third-order valence-corrected chi connectivity index (χ3v) is 2.89. The minimum absolute atomic E-state index is 0.240. The number of carbonyl (C=O) groups is 1. The van der Waals surface area contributed by atoms with Crippen molar-refractivity contribution in [2.24, 2.45) is 0 Å². The molecule has 0 atom stereocenters. The van der Waals surface area contributed by atoms with Crippen molar-refractivity contribution in [2.45, 2.75) is 25.1 Å². The zero-order valence-electron chi connectivity index (χ0n) is 8.88. The minimum atomic E-state index is -5.61. The topological polar surface area (TPSA) is 46.5 Å². The van der Waals surface area contributed by atoms with E-state index < -0.39 is 31.0 Å². The third kappa shape index (κ3) is 4.10. The predicted octanol–water partition coefficient (Wildman–Crippen LogP) is 3.46. The summed E-state index contributed by atoms with van der Waals surface area (Å²) >= 11 is 0.682. The molecule has 0 radical (unpaired) electrons. The van der Waals surface area contributed by atoms with E-state index in [4.69, 9.17) is 5.11 Å². The molecule has 0 saturated carbocycles. The second kappa shape index (κ2) is 5.37. The lowest BCUT2D eigenvalue weighted by atomic mass is 10.2. The largest absolute Gasteiger partial charge is 0.477 e. The number of thiophene rings is 1. The van der Waals surface area contributed by atoms with Gasteiger partial charge in [-0.1, -0.05) is 0 Å². The van der Waals surface area contributed by atoms with Gasteiger partial charge in [0.15, 0.2) is 0 Å². The number of hydrogen-bond donors (Lipinski definition) is 1. The third-order valence-electron chi connectivity index (χ3n) is 1.94. The molecule has 0 aliphatic rings. The van der Waals surface area contributed by atoms with Gasteiger partial charge in [0.1, 0.15) is 4.88 Å². The van der Waals surface area contributed by atoms with E-state index in [0.717, 1.165) is 6.07 Å². The first kappa shape index (κ1) is 15.8. The van der Waals surface area contributed by atoms with Crippen molar-refractivity contribution >= 4 is 17.3 Å². The van der Waals surface area contributed by atoms with Crippen molar-refractivity contribution in [1.29, 1.82) is 0 Å². The van der Waals surface area contributed by atoms with Crippen LogP contribution in [0.2, 0.25) is 0 Å². The van der Waals surface area contributed by atoms with Crippen LogP contribution in [0.3, 0.4) is 0 Å². The van der Waals surface area contributed by atoms with Crippen LogP contribution < -0.4 is 0 Å². The lowest BCUT2D eigenvalue weighted by molar-refractivity contribution is -0.324. The molecule has 1 aromatic heterocycles. The van der Waals surface area contributed by atoms with Gasteiger partial charge in [0.2, 0.25) is 6.10 Å². The Hall–Kier alpha value is -1.29. The molecule has 3 nitrogen and oxygen atoms in total. The number of hydrogen-bond acceptors (Lipinski definition) is 3. The highest BCUT2D eigenvalue weighted by Crippen LogP contribution is 2.36. The predicted molar refractivity (Wildman–Crippen MR) is 52.0 cm³/mol. The zero-order chi connectivity index (χ0) is 14.8. The Balaban J connectivity index is 2.83. The Bertz CT molecular complexity index is 436. The van der Waals surface area contributed by atoms with Crippen LogP contribution in [0.4, 0.5) is 26.3 Å². The second-order valence-electron chi connectivity index (χ2n) is 3.35. The smallest absolute Gasteiger partial charge is 0.423 e. The molecular formula is C9H6F6O3S. The molecular weight excluding hydrogens is 302 g/mol. The van der Waals surface area contributed by atoms with Gasteiger partial charge in [0.25, 0.3) is 0 Å². The Morgan fingerprint density at radius 3 is 2.21 bits per heavy atom. The molecule has 10 heteroatoms. The van der Waals surface area contributed by atoms with Crippen LogP contribution in [0.1, 0.15) is 15.2 Å². The Kier molecular flexibility index (Phi) is 4.46. The van der Waals surface area contributed by atoms with Gasteiger partial charge >= 0.3 is 18.3 Å². The SMILES string of the molecule is O=C(O)c1sccc1COC(C(F)(F)F)C(F)(F)F. The summed E-state index contributed by atoms with van der Waals surface area (Å²) in [6, 6.07) is 1.10. The van der Waals surface area contributed by atoms with Gasteiger partial charge in [-0.05, 0) is 11.4 Å². The maximum atomic E-state index is 12.1. The number of halogens is 6. The molecule has 0 unspecified atom stereocenters. The van der Waals surface area contributed by atoms with Crippen LogP contribution in [-0.2, 0) is 11.3 Å². The normalized spacial score (nSPS) is 13.0. The molecule has 0 amide bonds. The van der Waals surface area contributed by atoms with Crippen molar-refractivity contribution < 1.29 is 41.0 Å². The number of alkyl halides is 6. The maximum Gasteiger partial charge on any atom is 0.423 e. The number of carboxylic acid groups (broad SMARTS) is 1. The summed E-state index contributed by atoms with van der Waals surface area (Å²) in [6.45, 7) is -1.09. The molecule has 0 spiro atoms. The summed E-state index contributed by atoms with van der Waals surface area (Å²) in [4.78, 5) is 10.3. The monoisotopic (exact) mass is 308 g/mol. The van der Waals surface area contributed by atoms with Crippen molar-refractivity contribution in [3.05, 3.63) is 21.9 Å². The lowest BCUT2D eigenvalue weighted by Gasteiger charge is -2.22. The van der Waals surface area contributed by atoms with E-state index in [1.807, 2.05) is 0 Å². The van der Waals surface area contributed by atoms with Gasteiger partial charge in [-0.2, -0.15) is 26.3 Å². The average molecular weight is 308 g/mol. The molecule has 1 N–H and O–H groups in total. The molecule has 19 heavy (non-hydrogen) atoms. The zero-order valence-corrected chi connectivity index (χ0v) is 9.70. The van der Waals surface area contributed by atoms with Crippen LogP contribution in [0.5, 0.6) is 0 Å². The summed E-state index contributed by atoms with van der Waals surface area (Å²) < 4.78 is 76.7. The van der Waals surface area contributed by atoms with Crippen molar-refractivity contribution in [1.82, 2.24) is 0 Å². The number of ether oxygens (including phenoxy) is 1. The molecule has 0 aliphatic carbocycles. The van der Waals surface area contributed by atoms with Gasteiger partial charge < -0.3 is 9.84 Å². The van der Waals surface area contributed by atoms with Crippen molar-refractivity contribution in [2.75, 3.05) is 0 Å². The number of carboxylic acids is 1. The lowest BCUT2D eigenvalue weighted by Crippen LogP contribution is -2.44. The molecule has 0 saturated heterocycles. The summed E-state index contributed by atoms with van der Waals surface area (Å²) in [5.74, 6) is -1.44. The maximum absolute atomic E-state index is 12.1. The van der Waals surface area contributed by atoms with E-state index >= 15 is 0 Å². The first-order chi connectivity index (χ1) is 8.53. The highest BCUT2D eigenvalue weighted by Gasteiger charge is 2.58. The molecule has 0 aromatic carbocycles. The van der Waals surface area contributed by atoms with E-state index in [2.05, 4.69) is 4.74 Å². The summed E-state index contributed by atoms with van der Waals surface area (Å²) in [5, 5.41) is 9.88. The van der Waals surface area contributed by atoms with Gasteiger partial charge in [-0.25, -0.2) is 4.79 Å². The Morgan fingerprint density at radius 1 is 1.26 bits per heavy atom. The Morgan fingerprint density at radius 2 is 1.79 bits per heavy atom. The first-order valence-electron chi connectivity index (χ1n) is 4.58. The fraction of sp³-hybridized carbons (Fsp3) is 0.444. The Labute approximate surface area is 106 Å². The molecule has 108 valence electrons. The molecule has 1 aromatic rings. The van der Waals surface area contributed by atoms with Gasteiger partial charge in [0, 0.05) is 5.56 Å². The summed E-state index contributed by atoms with van der Waals surface area (Å²) in [7, 11) is 0. The fourth-order valence-corrected chi connectivity index (χ4v) is 1.93. The molecule has 0 aliphatic heterocycles. The van der Waals surface area contributed by atoms with Gasteiger partial charge in [-0.3, -0.25) is 0 Å². The van der Waals surface area contributed by atoms with Crippen LogP contribution in [0.25, 0.3) is 0 Å². The van der Waals surface area contributed by atoms with Crippen molar-refractivity contribution in [3.63, 3.8) is 0 Å². The highest BCUT2D eigenvalue weighted by atomic mass is 32.1. The van der Waals surface area contributed by atoms with Gasteiger partial charge in [0.05, 0.1) is 6.61 Å². The second-order valence-corrected chi connectivity index (χ2v) is 4.27. The van der Waals surface area contributed by atoms with Crippen molar-refractivity contribution in [3.8, 4) is 0 Å². The van der Waals surface area contributed by atoms with E-state index in [1.54, 1.807) is 0 Å². The number of aromatic carboxylic acids is 1. The molecule has 0 fully saturated rings. The number of rotatable bonds is 4. The standard InChI is InChI=1S/C9H6F6O3S/c10-8(11,12)7(9(13,14)15)18-3-4-1-2-19-5(4)6(16)17/h1-2,7H,3H2,(H,16,17). The molecule has 0 bridgehead atoms. The molecule has 1 rings (SSSR count). The minimum Gasteiger partial charge on any atom is -0.477 e. The van der Waals surface area contributed by atoms with E-state index in [1.165, 1.54) is 5.38 Å². The van der Waals surface area contributed by atoms with E-state index in [-0.39, 0.29) is 10.4 Å². The summed E-state index contributed by atoms with van der Waals surface area (Å²) in [6.07, 6.45) is -15.2.